The van der Waals surface area contributed by atoms with Gasteiger partial charge in [0, 0.05) is 12.6 Å². The average molecular weight is 310 g/mol. The molecule has 114 valence electrons. The van der Waals surface area contributed by atoms with Crippen LogP contribution in [-0.2, 0) is 0 Å². The maximum atomic E-state index is 13.6. The van der Waals surface area contributed by atoms with Crippen LogP contribution in [0.15, 0.2) is 30.3 Å². The smallest absolute Gasteiger partial charge is 0.162 e. The van der Waals surface area contributed by atoms with Crippen LogP contribution in [0.2, 0.25) is 0 Å². The van der Waals surface area contributed by atoms with Crippen molar-refractivity contribution in [1.29, 1.82) is 5.26 Å². The summed E-state index contributed by atoms with van der Waals surface area (Å²) in [5.41, 5.74) is -0.508. The number of nitriles is 1. The molecule has 0 heterocycles. The third kappa shape index (κ3) is 3.67. The first-order valence-corrected chi connectivity index (χ1v) is 6.22. The van der Waals surface area contributed by atoms with E-state index in [1.807, 2.05) is 0 Å². The van der Waals surface area contributed by atoms with Crippen LogP contribution in [0.25, 0.3) is 0 Å². The predicted octanol–water partition coefficient (Wildman–Crippen LogP) is 3.61. The molecular weight excluding hydrogens is 300 g/mol. The molecule has 2 aromatic rings. The molecular formula is C15H10F4N2O. The standard InChI is InChI=1S/C15H10F4N2O/c16-11-2-1-10(7-12(11)17)22-4-3-21-15-13(18)5-9(8-20)6-14(15)19/h1-2,5-7,21H,3-4H2. The van der Waals surface area contributed by atoms with Crippen molar-refractivity contribution in [2.24, 2.45) is 0 Å². The van der Waals surface area contributed by atoms with Crippen molar-refractivity contribution in [3.63, 3.8) is 0 Å². The molecule has 0 fully saturated rings. The minimum Gasteiger partial charge on any atom is -0.492 e. The quantitative estimate of drug-likeness (QED) is 0.678. The van der Waals surface area contributed by atoms with Crippen LogP contribution in [0.4, 0.5) is 23.2 Å². The number of anilines is 1. The number of hydrogen-bond donors (Lipinski definition) is 1. The van der Waals surface area contributed by atoms with E-state index in [1.54, 1.807) is 6.07 Å². The van der Waals surface area contributed by atoms with E-state index < -0.39 is 23.3 Å². The summed E-state index contributed by atoms with van der Waals surface area (Å²) in [5, 5.41) is 11.1. The fourth-order valence-corrected chi connectivity index (χ4v) is 1.72. The van der Waals surface area contributed by atoms with E-state index in [4.69, 9.17) is 10.00 Å². The van der Waals surface area contributed by atoms with Gasteiger partial charge in [-0.15, -0.1) is 0 Å². The summed E-state index contributed by atoms with van der Waals surface area (Å²) < 4.78 is 57.9. The highest BCUT2D eigenvalue weighted by molar-refractivity contribution is 5.50. The molecule has 0 aliphatic carbocycles. The van der Waals surface area contributed by atoms with Gasteiger partial charge in [0.2, 0.25) is 0 Å². The Hall–Kier alpha value is -2.75. The molecule has 0 aliphatic heterocycles. The van der Waals surface area contributed by atoms with Crippen LogP contribution in [0.1, 0.15) is 5.56 Å². The van der Waals surface area contributed by atoms with E-state index in [0.717, 1.165) is 24.3 Å². The molecule has 0 saturated carbocycles. The Balaban J connectivity index is 1.92. The number of ether oxygens (including phenoxy) is 1. The maximum absolute atomic E-state index is 13.6. The maximum Gasteiger partial charge on any atom is 0.162 e. The molecule has 2 aromatic carbocycles. The minimum absolute atomic E-state index is 0.0239. The zero-order valence-electron chi connectivity index (χ0n) is 11.2. The van der Waals surface area contributed by atoms with Gasteiger partial charge < -0.3 is 10.1 Å². The molecule has 0 atom stereocenters. The van der Waals surface area contributed by atoms with E-state index in [-0.39, 0.29) is 30.2 Å². The Morgan fingerprint density at radius 2 is 1.64 bits per heavy atom. The monoisotopic (exact) mass is 310 g/mol. The number of benzene rings is 2. The number of halogens is 4. The number of hydrogen-bond acceptors (Lipinski definition) is 3. The van der Waals surface area contributed by atoms with E-state index >= 15 is 0 Å². The minimum atomic E-state index is -1.05. The zero-order valence-corrected chi connectivity index (χ0v) is 11.2. The second-order valence-electron chi connectivity index (χ2n) is 4.28. The highest BCUT2D eigenvalue weighted by Gasteiger charge is 2.10. The highest BCUT2D eigenvalue weighted by atomic mass is 19.2. The lowest BCUT2D eigenvalue weighted by Crippen LogP contribution is -2.13. The second-order valence-corrected chi connectivity index (χ2v) is 4.28. The lowest BCUT2D eigenvalue weighted by atomic mass is 10.2. The van der Waals surface area contributed by atoms with E-state index in [9.17, 15) is 17.6 Å². The Morgan fingerprint density at radius 3 is 2.23 bits per heavy atom. The molecule has 0 amide bonds. The molecule has 7 heteroatoms. The zero-order chi connectivity index (χ0) is 16.1. The average Bonchev–Trinajstić information content (AvgIpc) is 2.49. The summed E-state index contributed by atoms with van der Waals surface area (Å²) in [6, 6.07) is 6.47. The largest absolute Gasteiger partial charge is 0.492 e. The van der Waals surface area contributed by atoms with Crippen LogP contribution < -0.4 is 10.1 Å². The molecule has 0 spiro atoms. The van der Waals surface area contributed by atoms with Crippen molar-refractivity contribution >= 4 is 5.69 Å². The van der Waals surface area contributed by atoms with Gasteiger partial charge in [0.05, 0.1) is 11.6 Å². The Labute approximate surface area is 123 Å². The van der Waals surface area contributed by atoms with Gasteiger partial charge in [0.15, 0.2) is 23.3 Å². The van der Waals surface area contributed by atoms with Gasteiger partial charge in [-0.25, -0.2) is 17.6 Å². The van der Waals surface area contributed by atoms with Gasteiger partial charge in [0.25, 0.3) is 0 Å². The fourth-order valence-electron chi connectivity index (χ4n) is 1.72. The summed E-state index contributed by atoms with van der Waals surface area (Å²) in [5.74, 6) is -3.74. The lowest BCUT2D eigenvalue weighted by molar-refractivity contribution is 0.329. The number of rotatable bonds is 5. The number of nitrogens with zero attached hydrogens (tertiary/aromatic N) is 1. The first-order valence-electron chi connectivity index (χ1n) is 6.22. The van der Waals surface area contributed by atoms with Crippen LogP contribution >= 0.6 is 0 Å². The number of nitrogens with one attached hydrogen (secondary N) is 1. The van der Waals surface area contributed by atoms with Crippen LogP contribution in [0, 0.1) is 34.6 Å². The highest BCUT2D eigenvalue weighted by Crippen LogP contribution is 2.20. The van der Waals surface area contributed by atoms with Crippen LogP contribution in [0.5, 0.6) is 5.75 Å². The Morgan fingerprint density at radius 1 is 0.955 bits per heavy atom. The molecule has 0 aliphatic rings. The van der Waals surface area contributed by atoms with Gasteiger partial charge in [-0.3, -0.25) is 0 Å². The van der Waals surface area contributed by atoms with Crippen molar-refractivity contribution < 1.29 is 22.3 Å². The van der Waals surface area contributed by atoms with Gasteiger partial charge >= 0.3 is 0 Å². The van der Waals surface area contributed by atoms with Gasteiger partial charge in [-0.05, 0) is 24.3 Å². The molecule has 22 heavy (non-hydrogen) atoms. The third-order valence-corrected chi connectivity index (χ3v) is 2.73. The normalized spacial score (nSPS) is 10.1. The molecule has 0 radical (unpaired) electrons. The first-order chi connectivity index (χ1) is 10.5. The predicted molar refractivity (Wildman–Crippen MR) is 71.4 cm³/mol. The summed E-state index contributed by atoms with van der Waals surface area (Å²) in [6.45, 7) is 0.00267. The fraction of sp³-hybridized carbons (Fsp3) is 0.133. The molecule has 0 saturated heterocycles. The van der Waals surface area contributed by atoms with Crippen molar-refractivity contribution in [1.82, 2.24) is 0 Å². The van der Waals surface area contributed by atoms with Crippen molar-refractivity contribution in [3.8, 4) is 11.8 Å². The summed E-state index contributed by atoms with van der Waals surface area (Å²) in [4.78, 5) is 0. The van der Waals surface area contributed by atoms with Gasteiger partial charge in [-0.1, -0.05) is 0 Å². The topological polar surface area (TPSA) is 45.0 Å². The second kappa shape index (κ2) is 6.80. The van der Waals surface area contributed by atoms with E-state index in [2.05, 4.69) is 5.32 Å². The molecule has 2 rings (SSSR count). The third-order valence-electron chi connectivity index (χ3n) is 2.73. The van der Waals surface area contributed by atoms with Crippen molar-refractivity contribution in [2.75, 3.05) is 18.5 Å². The molecule has 0 aromatic heterocycles. The van der Waals surface area contributed by atoms with Crippen molar-refractivity contribution in [3.05, 3.63) is 59.2 Å². The van der Waals surface area contributed by atoms with Gasteiger partial charge in [0.1, 0.15) is 18.0 Å². The lowest BCUT2D eigenvalue weighted by Gasteiger charge is -2.10. The summed E-state index contributed by atoms with van der Waals surface area (Å²) in [6.07, 6.45) is 0. The molecule has 0 unspecified atom stereocenters. The molecule has 0 bridgehead atoms. The molecule has 1 N–H and O–H groups in total. The van der Waals surface area contributed by atoms with Crippen molar-refractivity contribution in [2.45, 2.75) is 0 Å². The summed E-state index contributed by atoms with van der Waals surface area (Å²) in [7, 11) is 0. The van der Waals surface area contributed by atoms with Crippen LogP contribution in [-0.4, -0.2) is 13.2 Å². The Bertz CT molecular complexity index is 705. The molecule has 3 nitrogen and oxygen atoms in total. The van der Waals surface area contributed by atoms with Crippen LogP contribution in [0.3, 0.4) is 0 Å². The van der Waals surface area contributed by atoms with Gasteiger partial charge in [-0.2, -0.15) is 5.26 Å². The summed E-state index contributed by atoms with van der Waals surface area (Å²) >= 11 is 0. The van der Waals surface area contributed by atoms with E-state index in [1.165, 1.54) is 6.07 Å². The Kier molecular flexibility index (Phi) is 4.84. The van der Waals surface area contributed by atoms with E-state index in [0.29, 0.717) is 0 Å². The SMILES string of the molecule is N#Cc1cc(F)c(NCCOc2ccc(F)c(F)c2)c(F)c1. The first kappa shape index (κ1) is 15.6.